The van der Waals surface area contributed by atoms with E-state index in [-0.39, 0.29) is 0 Å². The highest BCUT2D eigenvalue weighted by atomic mass is 16.5. The second-order valence-electron chi connectivity index (χ2n) is 4.84. The van der Waals surface area contributed by atoms with Gasteiger partial charge in [0.15, 0.2) is 0 Å². The molecule has 3 nitrogen and oxygen atoms in total. The monoisotopic (exact) mass is 238 g/mol. The molecule has 0 amide bonds. The summed E-state index contributed by atoms with van der Waals surface area (Å²) in [5.74, 6) is 0.935. The van der Waals surface area contributed by atoms with E-state index in [1.165, 1.54) is 30.1 Å². The summed E-state index contributed by atoms with van der Waals surface area (Å²) in [6, 6.07) is 8.41. The highest BCUT2D eigenvalue weighted by Crippen LogP contribution is 2.10. The van der Waals surface area contributed by atoms with E-state index in [0.717, 1.165) is 12.3 Å². The average Bonchev–Trinajstić information content (AvgIpc) is 2.35. The lowest BCUT2D eigenvalue weighted by Crippen LogP contribution is -3.17. The molecule has 0 aromatic heterocycles. The molecule has 0 aliphatic heterocycles. The van der Waals surface area contributed by atoms with Crippen LogP contribution in [0.15, 0.2) is 24.3 Å². The Labute approximate surface area is 105 Å². The topological polar surface area (TPSA) is 18.1 Å². The molecule has 1 rings (SSSR count). The smallest absolute Gasteiger partial charge is 0.127 e. The van der Waals surface area contributed by atoms with Crippen molar-refractivity contribution in [3.63, 3.8) is 0 Å². The van der Waals surface area contributed by atoms with Gasteiger partial charge in [-0.05, 0) is 31.2 Å². The van der Waals surface area contributed by atoms with Crippen molar-refractivity contribution in [2.24, 2.45) is 0 Å². The number of hydrogen-bond acceptors (Lipinski definition) is 1. The fraction of sp³-hybridized carbons (Fsp3) is 0.571. The van der Waals surface area contributed by atoms with Crippen LogP contribution < -0.4 is 14.5 Å². The zero-order chi connectivity index (χ0) is 12.7. The van der Waals surface area contributed by atoms with Crippen molar-refractivity contribution in [3.05, 3.63) is 29.8 Å². The second kappa shape index (κ2) is 7.30. The van der Waals surface area contributed by atoms with E-state index < -0.39 is 0 Å². The van der Waals surface area contributed by atoms with Gasteiger partial charge in [0.25, 0.3) is 0 Å². The molecular weight excluding hydrogens is 212 g/mol. The van der Waals surface area contributed by atoms with Crippen molar-refractivity contribution in [2.45, 2.75) is 13.5 Å². The molecule has 2 N–H and O–H groups in total. The maximum Gasteiger partial charge on any atom is 0.127 e. The van der Waals surface area contributed by atoms with Crippen molar-refractivity contribution >= 4 is 0 Å². The minimum absolute atomic E-state index is 0.935. The number of nitrogens with one attached hydrogen (secondary N) is 2. The van der Waals surface area contributed by atoms with Crippen LogP contribution in [0.25, 0.3) is 0 Å². The average molecular weight is 238 g/mol. The van der Waals surface area contributed by atoms with E-state index in [9.17, 15) is 0 Å². The molecule has 0 saturated carbocycles. The van der Waals surface area contributed by atoms with Crippen LogP contribution in [-0.2, 0) is 6.54 Å². The Hall–Kier alpha value is -1.06. The van der Waals surface area contributed by atoms with E-state index >= 15 is 0 Å². The molecule has 0 aliphatic rings. The summed E-state index contributed by atoms with van der Waals surface area (Å²) in [6.07, 6.45) is 0. The van der Waals surface area contributed by atoms with Crippen LogP contribution in [0.3, 0.4) is 0 Å². The maximum absolute atomic E-state index is 5.17. The van der Waals surface area contributed by atoms with E-state index in [0.29, 0.717) is 0 Å². The van der Waals surface area contributed by atoms with Crippen molar-refractivity contribution in [1.29, 1.82) is 0 Å². The quantitative estimate of drug-likeness (QED) is 0.639. The van der Waals surface area contributed by atoms with Crippen LogP contribution in [0, 0.1) is 0 Å². The SMILES string of the molecule is CC[NH+](CC[NH+](C)C)Cc1ccc(OC)cc1. The highest BCUT2D eigenvalue weighted by molar-refractivity contribution is 5.26. The minimum atomic E-state index is 0.935. The number of benzene rings is 1. The van der Waals surface area contributed by atoms with E-state index in [2.05, 4.69) is 33.2 Å². The number of likely N-dealkylation sites (N-methyl/N-ethyl adjacent to an activating group) is 2. The molecule has 1 unspecified atom stereocenters. The van der Waals surface area contributed by atoms with Crippen molar-refractivity contribution in [2.75, 3.05) is 40.8 Å². The zero-order valence-corrected chi connectivity index (χ0v) is 11.5. The summed E-state index contributed by atoms with van der Waals surface area (Å²) in [5, 5.41) is 0. The number of ether oxygens (including phenoxy) is 1. The lowest BCUT2D eigenvalue weighted by molar-refractivity contribution is -0.949. The Morgan fingerprint density at radius 3 is 2.18 bits per heavy atom. The molecule has 0 fully saturated rings. The van der Waals surface area contributed by atoms with Gasteiger partial charge in [-0.15, -0.1) is 0 Å². The van der Waals surface area contributed by atoms with Gasteiger partial charge in [0, 0.05) is 5.56 Å². The third-order valence-corrected chi connectivity index (χ3v) is 3.09. The standard InChI is InChI=1S/C14H24N2O/c1-5-16(11-10-15(2)3)12-13-6-8-14(17-4)9-7-13/h6-9H,5,10-12H2,1-4H3/p+2. The summed E-state index contributed by atoms with van der Waals surface area (Å²) in [7, 11) is 6.12. The molecule has 0 heterocycles. The minimum Gasteiger partial charge on any atom is -0.497 e. The first-order valence-corrected chi connectivity index (χ1v) is 6.41. The van der Waals surface area contributed by atoms with Gasteiger partial charge < -0.3 is 14.5 Å². The number of quaternary nitrogens is 2. The number of rotatable bonds is 7. The maximum atomic E-state index is 5.17. The summed E-state index contributed by atoms with van der Waals surface area (Å²) in [5.41, 5.74) is 1.39. The largest absolute Gasteiger partial charge is 0.497 e. The predicted molar refractivity (Wildman–Crippen MR) is 70.7 cm³/mol. The molecule has 0 saturated heterocycles. The molecule has 17 heavy (non-hydrogen) atoms. The first kappa shape index (κ1) is 14.0. The van der Waals surface area contributed by atoms with Crippen LogP contribution in [-0.4, -0.2) is 40.8 Å². The third kappa shape index (κ3) is 5.20. The van der Waals surface area contributed by atoms with Crippen molar-refractivity contribution in [3.8, 4) is 5.75 Å². The van der Waals surface area contributed by atoms with E-state index in [4.69, 9.17) is 4.74 Å². The van der Waals surface area contributed by atoms with Gasteiger partial charge in [-0.1, -0.05) is 0 Å². The van der Waals surface area contributed by atoms with E-state index in [1.54, 1.807) is 12.0 Å². The molecule has 1 aromatic carbocycles. The van der Waals surface area contributed by atoms with Crippen LogP contribution in [0.4, 0.5) is 0 Å². The lowest BCUT2D eigenvalue weighted by Gasteiger charge is -2.18. The molecule has 1 atom stereocenters. The first-order chi connectivity index (χ1) is 8.15. The van der Waals surface area contributed by atoms with Crippen LogP contribution in [0.2, 0.25) is 0 Å². The molecule has 0 bridgehead atoms. The zero-order valence-electron chi connectivity index (χ0n) is 11.5. The summed E-state index contributed by atoms with van der Waals surface area (Å²) < 4.78 is 5.17. The lowest BCUT2D eigenvalue weighted by atomic mass is 10.2. The Balaban J connectivity index is 2.48. The Morgan fingerprint density at radius 2 is 1.71 bits per heavy atom. The van der Waals surface area contributed by atoms with Crippen LogP contribution in [0.1, 0.15) is 12.5 Å². The van der Waals surface area contributed by atoms with Crippen molar-refractivity contribution in [1.82, 2.24) is 0 Å². The van der Waals surface area contributed by atoms with Gasteiger partial charge in [-0.3, -0.25) is 0 Å². The van der Waals surface area contributed by atoms with Gasteiger partial charge in [0.2, 0.25) is 0 Å². The van der Waals surface area contributed by atoms with Gasteiger partial charge >= 0.3 is 0 Å². The molecule has 3 heteroatoms. The summed E-state index contributed by atoms with van der Waals surface area (Å²) >= 11 is 0. The summed E-state index contributed by atoms with van der Waals surface area (Å²) in [4.78, 5) is 3.15. The molecule has 0 spiro atoms. The highest BCUT2D eigenvalue weighted by Gasteiger charge is 2.08. The molecule has 0 aliphatic carbocycles. The van der Waals surface area contributed by atoms with Crippen molar-refractivity contribution < 1.29 is 14.5 Å². The van der Waals surface area contributed by atoms with Gasteiger partial charge in [0.05, 0.1) is 27.7 Å². The molecular formula is C14H26N2O+2. The Bertz CT molecular complexity index is 309. The molecule has 1 aromatic rings. The third-order valence-electron chi connectivity index (χ3n) is 3.09. The normalized spacial score (nSPS) is 12.8. The molecule has 0 radical (unpaired) electrons. The Morgan fingerprint density at radius 1 is 1.06 bits per heavy atom. The Kier molecular flexibility index (Phi) is 6.01. The second-order valence-corrected chi connectivity index (χ2v) is 4.84. The number of methoxy groups -OCH3 is 1. The summed E-state index contributed by atoms with van der Waals surface area (Å²) in [6.45, 7) is 6.99. The van der Waals surface area contributed by atoms with E-state index in [1.807, 2.05) is 12.1 Å². The first-order valence-electron chi connectivity index (χ1n) is 6.41. The van der Waals surface area contributed by atoms with Crippen LogP contribution in [0.5, 0.6) is 5.75 Å². The number of hydrogen-bond donors (Lipinski definition) is 2. The van der Waals surface area contributed by atoms with Gasteiger partial charge in [-0.2, -0.15) is 0 Å². The van der Waals surface area contributed by atoms with Gasteiger partial charge in [0.1, 0.15) is 25.4 Å². The molecule has 96 valence electrons. The predicted octanol–water partition coefficient (Wildman–Crippen LogP) is -0.755. The van der Waals surface area contributed by atoms with Crippen LogP contribution >= 0.6 is 0 Å². The fourth-order valence-electron chi connectivity index (χ4n) is 1.85. The van der Waals surface area contributed by atoms with Gasteiger partial charge in [-0.25, -0.2) is 0 Å². The fourth-order valence-corrected chi connectivity index (χ4v) is 1.85.